The second-order valence-corrected chi connectivity index (χ2v) is 5.51. The smallest absolute Gasteiger partial charge is 0.124 e. The molecule has 0 radical (unpaired) electrons. The third-order valence-corrected chi connectivity index (χ3v) is 4.00. The Labute approximate surface area is 131 Å². The van der Waals surface area contributed by atoms with Crippen LogP contribution in [-0.4, -0.2) is 7.05 Å². The summed E-state index contributed by atoms with van der Waals surface area (Å²) in [5.74, 6) is 0.955. The maximum absolute atomic E-state index is 6.12. The Hall–Kier alpha value is -2.32. The second kappa shape index (κ2) is 6.63. The van der Waals surface area contributed by atoms with Gasteiger partial charge in [0.15, 0.2) is 0 Å². The van der Waals surface area contributed by atoms with E-state index in [1.54, 1.807) is 0 Å². The minimum atomic E-state index is 0.599. The van der Waals surface area contributed by atoms with E-state index in [0.29, 0.717) is 6.61 Å². The molecule has 0 saturated carbocycles. The molecule has 3 aromatic rings. The number of hydrogen-bond donors (Lipinski definition) is 1. The van der Waals surface area contributed by atoms with E-state index in [1.807, 2.05) is 7.05 Å². The van der Waals surface area contributed by atoms with Gasteiger partial charge in [-0.05, 0) is 41.9 Å². The van der Waals surface area contributed by atoms with E-state index in [9.17, 15) is 0 Å². The van der Waals surface area contributed by atoms with E-state index in [2.05, 4.69) is 72.9 Å². The lowest BCUT2D eigenvalue weighted by atomic mass is 10.0. The van der Waals surface area contributed by atoms with Crippen LogP contribution in [0.2, 0.25) is 0 Å². The molecular formula is C20H21NO. The van der Waals surface area contributed by atoms with Gasteiger partial charge < -0.3 is 10.1 Å². The first-order valence-electron chi connectivity index (χ1n) is 7.62. The number of benzene rings is 3. The molecular weight excluding hydrogens is 270 g/mol. The fourth-order valence-corrected chi connectivity index (χ4v) is 2.74. The van der Waals surface area contributed by atoms with E-state index < -0.39 is 0 Å². The molecule has 0 atom stereocenters. The van der Waals surface area contributed by atoms with Crippen LogP contribution < -0.4 is 10.1 Å². The molecule has 0 aliphatic heterocycles. The Morgan fingerprint density at radius 2 is 1.68 bits per heavy atom. The van der Waals surface area contributed by atoms with E-state index in [4.69, 9.17) is 4.74 Å². The van der Waals surface area contributed by atoms with Crippen LogP contribution in [0.1, 0.15) is 16.7 Å². The molecule has 3 rings (SSSR count). The standard InChI is InChI=1S/C20H21NO/c1-15-7-3-4-9-17(15)14-22-20-12-11-16-8-5-6-10-18(16)19(20)13-21-2/h3-12,21H,13-14H2,1-2H3. The van der Waals surface area contributed by atoms with Crippen LogP contribution in [0.25, 0.3) is 10.8 Å². The topological polar surface area (TPSA) is 21.3 Å². The molecule has 22 heavy (non-hydrogen) atoms. The lowest BCUT2D eigenvalue weighted by Crippen LogP contribution is -2.08. The first-order valence-corrected chi connectivity index (χ1v) is 7.62. The van der Waals surface area contributed by atoms with Crippen molar-refractivity contribution in [1.82, 2.24) is 5.32 Å². The zero-order valence-corrected chi connectivity index (χ0v) is 13.1. The Kier molecular flexibility index (Phi) is 4.40. The van der Waals surface area contributed by atoms with E-state index in [-0.39, 0.29) is 0 Å². The lowest BCUT2D eigenvalue weighted by molar-refractivity contribution is 0.302. The van der Waals surface area contributed by atoms with E-state index >= 15 is 0 Å². The van der Waals surface area contributed by atoms with Gasteiger partial charge >= 0.3 is 0 Å². The number of aryl methyl sites for hydroxylation is 1. The van der Waals surface area contributed by atoms with Crippen molar-refractivity contribution in [2.24, 2.45) is 0 Å². The monoisotopic (exact) mass is 291 g/mol. The van der Waals surface area contributed by atoms with Gasteiger partial charge in [-0.1, -0.05) is 54.6 Å². The fraction of sp³-hybridized carbons (Fsp3) is 0.200. The van der Waals surface area contributed by atoms with Gasteiger partial charge in [0.1, 0.15) is 12.4 Å². The largest absolute Gasteiger partial charge is 0.489 e. The molecule has 0 aliphatic carbocycles. The summed E-state index contributed by atoms with van der Waals surface area (Å²) in [4.78, 5) is 0. The molecule has 0 amide bonds. The highest BCUT2D eigenvalue weighted by Crippen LogP contribution is 2.28. The first kappa shape index (κ1) is 14.6. The Morgan fingerprint density at radius 3 is 2.50 bits per heavy atom. The summed E-state index contributed by atoms with van der Waals surface area (Å²) in [7, 11) is 1.97. The molecule has 0 heterocycles. The van der Waals surface area contributed by atoms with Crippen molar-refractivity contribution in [3.8, 4) is 5.75 Å². The zero-order chi connectivity index (χ0) is 15.4. The van der Waals surface area contributed by atoms with Gasteiger partial charge in [-0.15, -0.1) is 0 Å². The summed E-state index contributed by atoms with van der Waals surface area (Å²) >= 11 is 0. The maximum Gasteiger partial charge on any atom is 0.124 e. The second-order valence-electron chi connectivity index (χ2n) is 5.51. The molecule has 0 unspecified atom stereocenters. The van der Waals surface area contributed by atoms with Crippen molar-refractivity contribution in [1.29, 1.82) is 0 Å². The molecule has 0 aliphatic rings. The maximum atomic E-state index is 6.12. The van der Waals surface area contributed by atoms with Crippen molar-refractivity contribution >= 4 is 10.8 Å². The average Bonchev–Trinajstić information content (AvgIpc) is 2.55. The first-order chi connectivity index (χ1) is 10.8. The molecule has 0 aromatic heterocycles. The molecule has 1 N–H and O–H groups in total. The lowest BCUT2D eigenvalue weighted by Gasteiger charge is -2.15. The highest BCUT2D eigenvalue weighted by molar-refractivity contribution is 5.87. The van der Waals surface area contributed by atoms with Gasteiger partial charge in [0.25, 0.3) is 0 Å². The molecule has 3 aromatic carbocycles. The average molecular weight is 291 g/mol. The predicted molar refractivity (Wildman–Crippen MR) is 92.2 cm³/mol. The molecule has 0 bridgehead atoms. The number of ether oxygens (including phenoxy) is 1. The van der Waals surface area contributed by atoms with Gasteiger partial charge in [-0.2, -0.15) is 0 Å². The molecule has 112 valence electrons. The number of rotatable bonds is 5. The van der Waals surface area contributed by atoms with Crippen LogP contribution in [-0.2, 0) is 13.2 Å². The highest BCUT2D eigenvalue weighted by Gasteiger charge is 2.09. The molecule has 2 nitrogen and oxygen atoms in total. The van der Waals surface area contributed by atoms with Gasteiger partial charge in [0.2, 0.25) is 0 Å². The quantitative estimate of drug-likeness (QED) is 0.750. The summed E-state index contributed by atoms with van der Waals surface area (Å²) in [5, 5.41) is 5.74. The molecule has 0 fully saturated rings. The molecule has 2 heteroatoms. The van der Waals surface area contributed by atoms with Crippen LogP contribution in [0.5, 0.6) is 5.75 Å². The highest BCUT2D eigenvalue weighted by atomic mass is 16.5. The normalized spacial score (nSPS) is 10.8. The van der Waals surface area contributed by atoms with Crippen LogP contribution >= 0.6 is 0 Å². The van der Waals surface area contributed by atoms with Crippen LogP contribution in [0.4, 0.5) is 0 Å². The molecule has 0 saturated heterocycles. The minimum Gasteiger partial charge on any atom is -0.489 e. The summed E-state index contributed by atoms with van der Waals surface area (Å²) in [6, 6.07) is 21.0. The summed E-state index contributed by atoms with van der Waals surface area (Å²) in [6.07, 6.45) is 0. The van der Waals surface area contributed by atoms with Crippen LogP contribution in [0, 0.1) is 6.92 Å². The zero-order valence-electron chi connectivity index (χ0n) is 13.1. The summed E-state index contributed by atoms with van der Waals surface area (Å²) in [6.45, 7) is 3.51. The van der Waals surface area contributed by atoms with Crippen LogP contribution in [0.15, 0.2) is 60.7 Å². The summed E-state index contributed by atoms with van der Waals surface area (Å²) in [5.41, 5.74) is 3.71. The number of hydrogen-bond acceptors (Lipinski definition) is 2. The predicted octanol–water partition coefficient (Wildman–Crippen LogP) is 4.45. The Bertz CT molecular complexity index is 780. The van der Waals surface area contributed by atoms with Gasteiger partial charge in [-0.3, -0.25) is 0 Å². The van der Waals surface area contributed by atoms with E-state index in [1.165, 1.54) is 27.5 Å². The number of nitrogens with one attached hydrogen (secondary N) is 1. The van der Waals surface area contributed by atoms with E-state index in [0.717, 1.165) is 12.3 Å². The Morgan fingerprint density at radius 1 is 0.909 bits per heavy atom. The Balaban J connectivity index is 1.93. The fourth-order valence-electron chi connectivity index (χ4n) is 2.74. The third-order valence-electron chi connectivity index (χ3n) is 4.00. The van der Waals surface area contributed by atoms with Gasteiger partial charge in [0, 0.05) is 12.1 Å². The third kappa shape index (κ3) is 2.97. The van der Waals surface area contributed by atoms with Crippen molar-refractivity contribution < 1.29 is 4.74 Å². The van der Waals surface area contributed by atoms with Crippen molar-refractivity contribution in [2.75, 3.05) is 7.05 Å². The van der Waals surface area contributed by atoms with Gasteiger partial charge in [0.05, 0.1) is 0 Å². The van der Waals surface area contributed by atoms with Gasteiger partial charge in [-0.25, -0.2) is 0 Å². The molecule has 0 spiro atoms. The van der Waals surface area contributed by atoms with Crippen molar-refractivity contribution in [3.05, 3.63) is 77.4 Å². The summed E-state index contributed by atoms with van der Waals surface area (Å²) < 4.78 is 6.12. The number of fused-ring (bicyclic) bond motifs is 1. The minimum absolute atomic E-state index is 0.599. The SMILES string of the molecule is CNCc1c(OCc2ccccc2C)ccc2ccccc12. The van der Waals surface area contributed by atoms with Crippen molar-refractivity contribution in [2.45, 2.75) is 20.1 Å². The van der Waals surface area contributed by atoms with Crippen molar-refractivity contribution in [3.63, 3.8) is 0 Å². The van der Waals surface area contributed by atoms with Crippen LogP contribution in [0.3, 0.4) is 0 Å².